The molecule has 0 unspecified atom stereocenters. The van der Waals surface area contributed by atoms with Crippen LogP contribution in [-0.2, 0) is 6.61 Å². The van der Waals surface area contributed by atoms with Crippen molar-refractivity contribution in [2.45, 2.75) is 13.5 Å². The summed E-state index contributed by atoms with van der Waals surface area (Å²) in [6.07, 6.45) is 1.89. The van der Waals surface area contributed by atoms with Crippen molar-refractivity contribution in [3.05, 3.63) is 65.9 Å². The molecule has 2 nitrogen and oxygen atoms in total. The zero-order valence-electron chi connectivity index (χ0n) is 10.8. The van der Waals surface area contributed by atoms with E-state index in [0.717, 1.165) is 33.2 Å². The van der Waals surface area contributed by atoms with Gasteiger partial charge in [0, 0.05) is 17.1 Å². The highest BCUT2D eigenvalue weighted by Gasteiger charge is 2.06. The van der Waals surface area contributed by atoms with Crippen molar-refractivity contribution >= 4 is 10.9 Å². The number of aromatic nitrogens is 1. The fourth-order valence-electron chi connectivity index (χ4n) is 2.39. The van der Waals surface area contributed by atoms with Crippen molar-refractivity contribution in [3.63, 3.8) is 0 Å². The van der Waals surface area contributed by atoms with Crippen molar-refractivity contribution in [3.8, 4) is 11.1 Å². The quantitative estimate of drug-likeness (QED) is 0.751. The van der Waals surface area contributed by atoms with Gasteiger partial charge in [-0.05, 0) is 35.7 Å². The first-order chi connectivity index (χ1) is 9.29. The van der Waals surface area contributed by atoms with Crippen molar-refractivity contribution in [1.29, 1.82) is 0 Å². The van der Waals surface area contributed by atoms with Crippen LogP contribution in [0, 0.1) is 6.92 Å². The maximum Gasteiger partial charge on any atom is 0.0702 e. The van der Waals surface area contributed by atoms with E-state index in [4.69, 9.17) is 0 Å². The second-order valence-electron chi connectivity index (χ2n) is 4.66. The molecule has 0 amide bonds. The molecule has 0 atom stereocenters. The fourth-order valence-corrected chi connectivity index (χ4v) is 2.39. The molecule has 0 aliphatic rings. The van der Waals surface area contributed by atoms with Gasteiger partial charge in [-0.25, -0.2) is 0 Å². The van der Waals surface area contributed by atoms with Crippen LogP contribution in [0.5, 0.6) is 0 Å². The number of rotatable bonds is 2. The molecule has 0 radical (unpaired) electrons. The minimum absolute atomic E-state index is 0.0701. The Morgan fingerprint density at radius 3 is 2.74 bits per heavy atom. The van der Waals surface area contributed by atoms with E-state index < -0.39 is 0 Å². The van der Waals surface area contributed by atoms with E-state index in [1.54, 1.807) is 0 Å². The second-order valence-corrected chi connectivity index (χ2v) is 4.66. The Bertz CT molecular complexity index is 734. The molecule has 0 aliphatic heterocycles. The third-order valence-electron chi connectivity index (χ3n) is 3.52. The van der Waals surface area contributed by atoms with Crippen LogP contribution in [0.2, 0.25) is 0 Å². The van der Waals surface area contributed by atoms with Crippen LogP contribution in [0.15, 0.2) is 54.7 Å². The van der Waals surface area contributed by atoms with Gasteiger partial charge in [0.15, 0.2) is 0 Å². The number of fused-ring (bicyclic) bond motifs is 1. The Balaban J connectivity index is 2.19. The number of nitrogens with zero attached hydrogens (tertiary/aromatic N) is 1. The van der Waals surface area contributed by atoms with Gasteiger partial charge in [0.1, 0.15) is 0 Å². The highest BCUT2D eigenvalue weighted by atomic mass is 16.3. The van der Waals surface area contributed by atoms with Crippen LogP contribution in [0.4, 0.5) is 0 Å². The number of aliphatic hydroxyl groups is 1. The van der Waals surface area contributed by atoms with Crippen molar-refractivity contribution in [2.75, 3.05) is 0 Å². The first kappa shape index (κ1) is 11.9. The highest BCUT2D eigenvalue weighted by molar-refractivity contribution is 5.84. The number of aliphatic hydroxyl groups excluding tert-OH is 1. The molecule has 0 fully saturated rings. The Labute approximate surface area is 112 Å². The number of hydrogen-bond acceptors (Lipinski definition) is 2. The molecular formula is C17H15NO. The SMILES string of the molecule is Cc1c(CO)cccc1-c1cnc2ccccc2c1. The number of benzene rings is 2. The predicted molar refractivity (Wildman–Crippen MR) is 77.8 cm³/mol. The van der Waals surface area contributed by atoms with E-state index in [1.807, 2.05) is 43.5 Å². The normalized spacial score (nSPS) is 10.8. The lowest BCUT2D eigenvalue weighted by molar-refractivity contribution is 0.281. The van der Waals surface area contributed by atoms with Gasteiger partial charge < -0.3 is 5.11 Å². The summed E-state index contributed by atoms with van der Waals surface area (Å²) < 4.78 is 0. The van der Waals surface area contributed by atoms with Crippen molar-refractivity contribution < 1.29 is 5.11 Å². The molecule has 1 aromatic heterocycles. The summed E-state index contributed by atoms with van der Waals surface area (Å²) >= 11 is 0. The van der Waals surface area contributed by atoms with Gasteiger partial charge in [-0.15, -0.1) is 0 Å². The maximum atomic E-state index is 9.35. The number of para-hydroxylation sites is 1. The molecule has 3 aromatic rings. The van der Waals surface area contributed by atoms with E-state index in [1.165, 1.54) is 0 Å². The second kappa shape index (κ2) is 4.82. The molecule has 0 spiro atoms. The lowest BCUT2D eigenvalue weighted by Gasteiger charge is -2.10. The third kappa shape index (κ3) is 2.11. The molecule has 2 heteroatoms. The van der Waals surface area contributed by atoms with E-state index in [9.17, 15) is 5.11 Å². The molecule has 1 N–H and O–H groups in total. The van der Waals surface area contributed by atoms with Crippen LogP contribution in [0.3, 0.4) is 0 Å². The molecule has 0 saturated carbocycles. The van der Waals surface area contributed by atoms with E-state index in [-0.39, 0.29) is 6.61 Å². The molecule has 19 heavy (non-hydrogen) atoms. The largest absolute Gasteiger partial charge is 0.392 e. The van der Waals surface area contributed by atoms with Gasteiger partial charge in [-0.1, -0.05) is 36.4 Å². The monoisotopic (exact) mass is 249 g/mol. The molecule has 0 aliphatic carbocycles. The summed E-state index contributed by atoms with van der Waals surface area (Å²) in [5.41, 5.74) is 5.30. The molecule has 3 rings (SSSR count). The molecule has 1 heterocycles. The van der Waals surface area contributed by atoms with Crippen LogP contribution >= 0.6 is 0 Å². The van der Waals surface area contributed by atoms with Gasteiger partial charge >= 0.3 is 0 Å². The molecule has 2 aromatic carbocycles. The minimum Gasteiger partial charge on any atom is -0.392 e. The van der Waals surface area contributed by atoms with Gasteiger partial charge in [-0.2, -0.15) is 0 Å². The highest BCUT2D eigenvalue weighted by Crippen LogP contribution is 2.27. The molecular weight excluding hydrogens is 234 g/mol. The fraction of sp³-hybridized carbons (Fsp3) is 0.118. The number of pyridine rings is 1. The summed E-state index contributed by atoms with van der Waals surface area (Å²) in [6.45, 7) is 2.11. The van der Waals surface area contributed by atoms with Gasteiger partial charge in [-0.3, -0.25) is 4.98 Å². The predicted octanol–water partition coefficient (Wildman–Crippen LogP) is 3.70. The lowest BCUT2D eigenvalue weighted by atomic mass is 9.97. The first-order valence-corrected chi connectivity index (χ1v) is 6.34. The average Bonchev–Trinajstić information content (AvgIpc) is 2.47. The van der Waals surface area contributed by atoms with Crippen molar-refractivity contribution in [2.24, 2.45) is 0 Å². The lowest BCUT2D eigenvalue weighted by Crippen LogP contribution is -1.92. The van der Waals surface area contributed by atoms with Crippen LogP contribution in [0.1, 0.15) is 11.1 Å². The van der Waals surface area contributed by atoms with Gasteiger partial charge in [0.25, 0.3) is 0 Å². The number of hydrogen-bond donors (Lipinski definition) is 1. The summed E-state index contributed by atoms with van der Waals surface area (Å²) in [4.78, 5) is 4.49. The van der Waals surface area contributed by atoms with E-state index in [0.29, 0.717) is 0 Å². The molecule has 0 saturated heterocycles. The maximum absolute atomic E-state index is 9.35. The Morgan fingerprint density at radius 2 is 1.89 bits per heavy atom. The Hall–Kier alpha value is -2.19. The van der Waals surface area contributed by atoms with Gasteiger partial charge in [0.2, 0.25) is 0 Å². The summed E-state index contributed by atoms with van der Waals surface area (Å²) in [5.74, 6) is 0. The molecule has 0 bridgehead atoms. The smallest absolute Gasteiger partial charge is 0.0702 e. The zero-order valence-corrected chi connectivity index (χ0v) is 10.8. The zero-order chi connectivity index (χ0) is 13.2. The standard InChI is InChI=1S/C17H15NO/c1-12-14(11-19)6-4-7-16(12)15-9-13-5-2-3-8-17(13)18-10-15/h2-10,19H,11H2,1H3. The first-order valence-electron chi connectivity index (χ1n) is 6.34. The summed E-state index contributed by atoms with van der Waals surface area (Å²) in [7, 11) is 0. The third-order valence-corrected chi connectivity index (χ3v) is 3.52. The van der Waals surface area contributed by atoms with E-state index >= 15 is 0 Å². The average molecular weight is 249 g/mol. The van der Waals surface area contributed by atoms with Crippen molar-refractivity contribution in [1.82, 2.24) is 4.98 Å². The van der Waals surface area contributed by atoms with Crippen LogP contribution in [-0.4, -0.2) is 10.1 Å². The molecule has 94 valence electrons. The summed E-state index contributed by atoms with van der Waals surface area (Å²) in [6, 6.07) is 16.2. The summed E-state index contributed by atoms with van der Waals surface area (Å²) in [5, 5.41) is 10.5. The van der Waals surface area contributed by atoms with Crippen LogP contribution in [0.25, 0.3) is 22.0 Å². The minimum atomic E-state index is 0.0701. The Kier molecular flexibility index (Phi) is 3.02. The van der Waals surface area contributed by atoms with Gasteiger partial charge in [0.05, 0.1) is 12.1 Å². The topological polar surface area (TPSA) is 33.1 Å². The van der Waals surface area contributed by atoms with E-state index in [2.05, 4.69) is 23.2 Å². The van der Waals surface area contributed by atoms with Crippen LogP contribution < -0.4 is 0 Å². The Morgan fingerprint density at radius 1 is 1.05 bits per heavy atom.